The first-order valence-electron chi connectivity index (χ1n) is 8.46. The summed E-state index contributed by atoms with van der Waals surface area (Å²) in [7, 11) is 1.73. The third-order valence-electron chi connectivity index (χ3n) is 3.88. The number of carbonyl (C=O) groups excluding carboxylic acids is 3. The van der Waals surface area contributed by atoms with Crippen molar-refractivity contribution in [2.75, 3.05) is 18.5 Å². The van der Waals surface area contributed by atoms with Crippen LogP contribution in [0.1, 0.15) is 21.7 Å². The molecule has 0 aliphatic rings. The molecule has 0 bridgehead atoms. The number of anilines is 1. The van der Waals surface area contributed by atoms with E-state index in [9.17, 15) is 23.2 Å². The van der Waals surface area contributed by atoms with Crippen molar-refractivity contribution in [2.45, 2.75) is 20.5 Å². The summed E-state index contributed by atoms with van der Waals surface area (Å²) in [6.45, 7) is -0.723. The number of nitrogens with one attached hydrogen (secondary N) is 2. The zero-order valence-electron chi connectivity index (χ0n) is 16.0. The van der Waals surface area contributed by atoms with Crippen molar-refractivity contribution < 1.29 is 32.6 Å². The maximum atomic E-state index is 12.4. The van der Waals surface area contributed by atoms with E-state index in [1.54, 1.807) is 25.6 Å². The minimum absolute atomic E-state index is 0.166. The molecule has 1 aromatic heterocycles. The van der Waals surface area contributed by atoms with E-state index in [4.69, 9.17) is 4.74 Å². The van der Waals surface area contributed by atoms with Gasteiger partial charge in [0, 0.05) is 7.05 Å². The first-order chi connectivity index (χ1) is 13.7. The second-order valence-electron chi connectivity index (χ2n) is 5.94. The summed E-state index contributed by atoms with van der Waals surface area (Å²) in [6, 6.07) is 5.35. The number of aromatic nitrogens is 2. The zero-order chi connectivity index (χ0) is 21.6. The summed E-state index contributed by atoms with van der Waals surface area (Å²) in [5.74, 6) is -2.57. The van der Waals surface area contributed by atoms with E-state index in [0.717, 1.165) is 5.69 Å². The molecule has 0 saturated heterocycles. The lowest BCUT2D eigenvalue weighted by Crippen LogP contribution is -2.32. The van der Waals surface area contributed by atoms with Gasteiger partial charge in [-0.1, -0.05) is 12.1 Å². The van der Waals surface area contributed by atoms with Gasteiger partial charge in [0.15, 0.2) is 6.61 Å². The lowest BCUT2D eigenvalue weighted by Gasteiger charge is -2.11. The van der Waals surface area contributed by atoms with Gasteiger partial charge in [-0.05, 0) is 26.0 Å². The van der Waals surface area contributed by atoms with Crippen LogP contribution in [0, 0.1) is 13.8 Å². The fourth-order valence-electron chi connectivity index (χ4n) is 2.43. The normalized spacial score (nSPS) is 10.6. The standard InChI is InChI=1S/C18H20F2N4O5/c1-10-16(11(2)24(3)23-10)22-14(25)9-28-15(26)8-21-17(27)12-6-4-5-7-13(12)29-18(19)20/h4-7,18H,8-9H2,1-3H3,(H,21,27)(H,22,25). The van der Waals surface area contributed by atoms with Gasteiger partial charge < -0.3 is 20.1 Å². The fourth-order valence-corrected chi connectivity index (χ4v) is 2.43. The number of aryl methyl sites for hydroxylation is 2. The van der Waals surface area contributed by atoms with Gasteiger partial charge in [-0.25, -0.2) is 0 Å². The number of hydrogen-bond donors (Lipinski definition) is 2. The second-order valence-corrected chi connectivity index (χ2v) is 5.94. The number of rotatable bonds is 8. The molecule has 2 rings (SSSR count). The van der Waals surface area contributed by atoms with Crippen molar-refractivity contribution in [2.24, 2.45) is 7.05 Å². The Balaban J connectivity index is 1.83. The predicted molar refractivity (Wildman–Crippen MR) is 97.7 cm³/mol. The molecule has 0 aliphatic carbocycles. The van der Waals surface area contributed by atoms with E-state index in [0.29, 0.717) is 11.4 Å². The first-order valence-corrected chi connectivity index (χ1v) is 8.46. The molecule has 0 spiro atoms. The molecule has 2 N–H and O–H groups in total. The highest BCUT2D eigenvalue weighted by Gasteiger charge is 2.17. The van der Waals surface area contributed by atoms with Crippen LogP contribution >= 0.6 is 0 Å². The van der Waals surface area contributed by atoms with E-state index in [2.05, 4.69) is 20.5 Å². The summed E-state index contributed by atoms with van der Waals surface area (Å²) in [5, 5.41) is 8.97. The SMILES string of the molecule is Cc1nn(C)c(C)c1NC(=O)COC(=O)CNC(=O)c1ccccc1OC(F)F. The van der Waals surface area contributed by atoms with Crippen molar-refractivity contribution in [3.8, 4) is 5.75 Å². The van der Waals surface area contributed by atoms with E-state index in [1.165, 1.54) is 24.3 Å². The number of benzene rings is 1. The van der Waals surface area contributed by atoms with Gasteiger partial charge in [-0.15, -0.1) is 0 Å². The molecule has 156 valence electrons. The zero-order valence-corrected chi connectivity index (χ0v) is 16.0. The second kappa shape index (κ2) is 9.62. The van der Waals surface area contributed by atoms with Gasteiger partial charge in [0.25, 0.3) is 11.8 Å². The van der Waals surface area contributed by atoms with Crippen LogP contribution < -0.4 is 15.4 Å². The molecule has 2 amide bonds. The Hall–Kier alpha value is -3.50. The van der Waals surface area contributed by atoms with E-state index in [-0.39, 0.29) is 11.3 Å². The van der Waals surface area contributed by atoms with Gasteiger partial charge in [0.1, 0.15) is 12.3 Å². The van der Waals surface area contributed by atoms with Crippen LogP contribution in [0.15, 0.2) is 24.3 Å². The molecule has 1 heterocycles. The van der Waals surface area contributed by atoms with Crippen LogP contribution in [-0.2, 0) is 21.4 Å². The molecular formula is C18H20F2N4O5. The number of esters is 1. The number of amides is 2. The van der Waals surface area contributed by atoms with E-state index < -0.39 is 37.5 Å². The lowest BCUT2D eigenvalue weighted by atomic mass is 10.2. The van der Waals surface area contributed by atoms with Gasteiger partial charge in [-0.3, -0.25) is 19.1 Å². The number of carbonyl (C=O) groups is 3. The molecule has 9 nitrogen and oxygen atoms in total. The fraction of sp³-hybridized carbons (Fsp3) is 0.333. The molecule has 0 saturated carbocycles. The highest BCUT2D eigenvalue weighted by molar-refractivity contribution is 5.98. The summed E-state index contributed by atoms with van der Waals surface area (Å²) in [6.07, 6.45) is 0. The van der Waals surface area contributed by atoms with E-state index in [1.807, 2.05) is 0 Å². The minimum Gasteiger partial charge on any atom is -0.454 e. The number of alkyl halides is 2. The average molecular weight is 410 g/mol. The van der Waals surface area contributed by atoms with Crippen LogP contribution in [-0.4, -0.2) is 47.3 Å². The molecule has 2 aromatic rings. The summed E-state index contributed by atoms with van der Waals surface area (Å²) in [4.78, 5) is 35.8. The smallest absolute Gasteiger partial charge is 0.387 e. The van der Waals surface area contributed by atoms with Crippen molar-refractivity contribution >= 4 is 23.5 Å². The minimum atomic E-state index is -3.10. The third-order valence-corrected chi connectivity index (χ3v) is 3.88. The van der Waals surface area contributed by atoms with Gasteiger partial charge in [-0.2, -0.15) is 13.9 Å². The Morgan fingerprint density at radius 2 is 1.90 bits per heavy atom. The van der Waals surface area contributed by atoms with Crippen LogP contribution in [0.3, 0.4) is 0 Å². The number of ether oxygens (including phenoxy) is 2. The Morgan fingerprint density at radius 3 is 2.52 bits per heavy atom. The summed E-state index contributed by atoms with van der Waals surface area (Å²) < 4.78 is 35.4. The molecule has 1 aromatic carbocycles. The summed E-state index contributed by atoms with van der Waals surface area (Å²) in [5.41, 5.74) is 1.71. The Morgan fingerprint density at radius 1 is 1.21 bits per heavy atom. The van der Waals surface area contributed by atoms with Gasteiger partial charge >= 0.3 is 12.6 Å². The quantitative estimate of drug-likeness (QED) is 0.639. The molecule has 0 atom stereocenters. The van der Waals surface area contributed by atoms with Crippen molar-refractivity contribution in [1.82, 2.24) is 15.1 Å². The van der Waals surface area contributed by atoms with Crippen molar-refractivity contribution in [1.29, 1.82) is 0 Å². The number of hydrogen-bond acceptors (Lipinski definition) is 6. The first kappa shape index (κ1) is 21.8. The highest BCUT2D eigenvalue weighted by atomic mass is 19.3. The predicted octanol–water partition coefficient (Wildman–Crippen LogP) is 1.55. The van der Waals surface area contributed by atoms with Crippen LogP contribution in [0.2, 0.25) is 0 Å². The van der Waals surface area contributed by atoms with Crippen molar-refractivity contribution in [3.63, 3.8) is 0 Å². The van der Waals surface area contributed by atoms with Crippen LogP contribution in [0.5, 0.6) is 5.75 Å². The topological polar surface area (TPSA) is 112 Å². The third kappa shape index (κ3) is 5.99. The maximum Gasteiger partial charge on any atom is 0.387 e. The largest absolute Gasteiger partial charge is 0.454 e. The average Bonchev–Trinajstić information content (AvgIpc) is 2.90. The number of para-hydroxylation sites is 1. The maximum absolute atomic E-state index is 12.4. The van der Waals surface area contributed by atoms with Crippen LogP contribution in [0.4, 0.5) is 14.5 Å². The Labute approximate surface area is 165 Å². The van der Waals surface area contributed by atoms with E-state index >= 15 is 0 Å². The van der Waals surface area contributed by atoms with Crippen molar-refractivity contribution in [3.05, 3.63) is 41.2 Å². The molecule has 0 aliphatic heterocycles. The molecule has 29 heavy (non-hydrogen) atoms. The Bertz CT molecular complexity index is 914. The summed E-state index contributed by atoms with van der Waals surface area (Å²) >= 11 is 0. The number of halogens is 2. The Kier molecular flexibility index (Phi) is 7.23. The monoisotopic (exact) mass is 410 g/mol. The lowest BCUT2D eigenvalue weighted by molar-refractivity contribution is -0.146. The van der Waals surface area contributed by atoms with Gasteiger partial charge in [0.2, 0.25) is 0 Å². The molecule has 0 fully saturated rings. The molecular weight excluding hydrogens is 390 g/mol. The number of nitrogens with zero attached hydrogens (tertiary/aromatic N) is 2. The van der Waals surface area contributed by atoms with Crippen LogP contribution in [0.25, 0.3) is 0 Å². The van der Waals surface area contributed by atoms with Gasteiger partial charge in [0.05, 0.1) is 22.6 Å². The molecule has 0 radical (unpaired) electrons. The molecule has 0 unspecified atom stereocenters. The highest BCUT2D eigenvalue weighted by Crippen LogP contribution is 2.20. The molecule has 11 heteroatoms.